The number of amides is 2. The van der Waals surface area contributed by atoms with E-state index in [-0.39, 0.29) is 24.0 Å². The third-order valence-electron chi connectivity index (χ3n) is 3.92. The van der Waals surface area contributed by atoms with Crippen molar-refractivity contribution in [3.8, 4) is 16.9 Å². The second kappa shape index (κ2) is 6.84. The fourth-order valence-electron chi connectivity index (χ4n) is 2.61. The maximum absolute atomic E-state index is 13.3. The van der Waals surface area contributed by atoms with Crippen molar-refractivity contribution in [2.75, 3.05) is 12.4 Å². The predicted molar refractivity (Wildman–Crippen MR) is 87.4 cm³/mol. The van der Waals surface area contributed by atoms with Gasteiger partial charge in [-0.1, -0.05) is 0 Å². The lowest BCUT2D eigenvalue weighted by molar-refractivity contribution is 0.0671. The van der Waals surface area contributed by atoms with Gasteiger partial charge in [-0.25, -0.2) is 14.2 Å². The first-order chi connectivity index (χ1) is 11.5. The van der Waals surface area contributed by atoms with Crippen LogP contribution in [0.5, 0.6) is 5.75 Å². The molecule has 0 spiro atoms. The summed E-state index contributed by atoms with van der Waals surface area (Å²) < 4.78 is 18.5. The third kappa shape index (κ3) is 3.62. The number of pyridine rings is 1. The molecule has 126 valence electrons. The molecule has 0 bridgehead atoms. The molecule has 2 amide bonds. The van der Waals surface area contributed by atoms with Crippen LogP contribution < -0.4 is 15.4 Å². The molecular formula is C17H18FN3O3. The fraction of sp³-hybridized carbons (Fsp3) is 0.294. The van der Waals surface area contributed by atoms with E-state index in [1.807, 2.05) is 0 Å². The number of aliphatic hydroxyl groups is 1. The minimum atomic E-state index is -0.384. The van der Waals surface area contributed by atoms with E-state index in [2.05, 4.69) is 15.6 Å². The largest absolute Gasteiger partial charge is 0.496 e. The molecule has 1 fully saturated rings. The molecule has 1 saturated carbocycles. The summed E-state index contributed by atoms with van der Waals surface area (Å²) in [7, 11) is 1.47. The average molecular weight is 331 g/mol. The lowest BCUT2D eigenvalue weighted by Crippen LogP contribution is -2.48. The second-order valence-electron chi connectivity index (χ2n) is 5.69. The van der Waals surface area contributed by atoms with Crippen molar-refractivity contribution in [2.45, 2.75) is 25.0 Å². The molecule has 24 heavy (non-hydrogen) atoms. The van der Waals surface area contributed by atoms with Gasteiger partial charge in [-0.2, -0.15) is 0 Å². The Morgan fingerprint density at radius 1 is 1.33 bits per heavy atom. The molecule has 1 aliphatic carbocycles. The Bertz CT molecular complexity index is 748. The first-order valence-corrected chi connectivity index (χ1v) is 7.60. The van der Waals surface area contributed by atoms with Gasteiger partial charge in [0.25, 0.3) is 0 Å². The summed E-state index contributed by atoms with van der Waals surface area (Å²) in [5, 5.41) is 14.6. The predicted octanol–water partition coefficient (Wildman–Crippen LogP) is 2.54. The van der Waals surface area contributed by atoms with Crippen LogP contribution in [-0.2, 0) is 0 Å². The molecule has 1 aromatic heterocycles. The number of carbonyl (C=O) groups is 1. The van der Waals surface area contributed by atoms with E-state index in [0.717, 1.165) is 5.56 Å². The molecule has 3 rings (SSSR count). The number of aromatic nitrogens is 1. The zero-order valence-electron chi connectivity index (χ0n) is 13.1. The second-order valence-corrected chi connectivity index (χ2v) is 5.69. The summed E-state index contributed by atoms with van der Waals surface area (Å²) >= 11 is 0. The Morgan fingerprint density at radius 2 is 2.12 bits per heavy atom. The summed E-state index contributed by atoms with van der Waals surface area (Å²) in [6, 6.07) is 7.31. The molecule has 0 radical (unpaired) electrons. The van der Waals surface area contributed by atoms with E-state index >= 15 is 0 Å². The molecule has 0 unspecified atom stereocenters. The van der Waals surface area contributed by atoms with Gasteiger partial charge in [0.2, 0.25) is 0 Å². The van der Waals surface area contributed by atoms with Crippen LogP contribution in [-0.4, -0.2) is 35.4 Å². The minimum Gasteiger partial charge on any atom is -0.496 e. The van der Waals surface area contributed by atoms with Crippen LogP contribution in [0.4, 0.5) is 15.0 Å². The maximum atomic E-state index is 13.3. The van der Waals surface area contributed by atoms with E-state index in [1.165, 1.54) is 19.2 Å². The number of nitrogens with zero attached hydrogens (tertiary/aromatic N) is 1. The van der Waals surface area contributed by atoms with E-state index in [0.29, 0.717) is 30.0 Å². The highest BCUT2D eigenvalue weighted by Crippen LogP contribution is 2.31. The van der Waals surface area contributed by atoms with Crippen molar-refractivity contribution >= 4 is 11.8 Å². The van der Waals surface area contributed by atoms with Crippen molar-refractivity contribution in [2.24, 2.45) is 0 Å². The van der Waals surface area contributed by atoms with E-state index in [9.17, 15) is 14.3 Å². The Morgan fingerprint density at radius 3 is 2.83 bits per heavy atom. The highest BCUT2D eigenvalue weighted by atomic mass is 19.1. The topological polar surface area (TPSA) is 83.5 Å². The Kier molecular flexibility index (Phi) is 4.61. The molecular weight excluding hydrogens is 313 g/mol. The third-order valence-corrected chi connectivity index (χ3v) is 3.92. The van der Waals surface area contributed by atoms with Crippen molar-refractivity contribution in [1.29, 1.82) is 0 Å². The Hall–Kier alpha value is -2.67. The molecule has 1 aromatic carbocycles. The number of ether oxygens (including phenoxy) is 1. The number of halogens is 1. The molecule has 7 heteroatoms. The van der Waals surface area contributed by atoms with Crippen molar-refractivity contribution in [3.63, 3.8) is 0 Å². The number of anilines is 1. The minimum absolute atomic E-state index is 0.0135. The van der Waals surface area contributed by atoms with Crippen molar-refractivity contribution in [1.82, 2.24) is 10.3 Å². The van der Waals surface area contributed by atoms with Crippen LogP contribution in [0.1, 0.15) is 12.8 Å². The van der Waals surface area contributed by atoms with Crippen LogP contribution in [0.25, 0.3) is 11.1 Å². The number of hydrogen-bond acceptors (Lipinski definition) is 4. The summed E-state index contributed by atoms with van der Waals surface area (Å²) in [4.78, 5) is 16.0. The van der Waals surface area contributed by atoms with E-state index in [1.54, 1.807) is 24.4 Å². The van der Waals surface area contributed by atoms with Gasteiger partial charge in [0.1, 0.15) is 17.4 Å². The highest BCUT2D eigenvalue weighted by molar-refractivity contribution is 5.89. The van der Waals surface area contributed by atoms with Crippen LogP contribution in [0.15, 0.2) is 36.5 Å². The smallest absolute Gasteiger partial charge is 0.320 e. The average Bonchev–Trinajstić information content (AvgIpc) is 2.53. The van der Waals surface area contributed by atoms with Crippen LogP contribution in [0.3, 0.4) is 0 Å². The molecule has 1 aliphatic rings. The van der Waals surface area contributed by atoms with Gasteiger partial charge in [-0.3, -0.25) is 5.32 Å². The number of aliphatic hydroxyl groups excluding tert-OH is 1. The van der Waals surface area contributed by atoms with Crippen molar-refractivity contribution < 1.29 is 19.0 Å². The maximum Gasteiger partial charge on any atom is 0.320 e. The number of hydrogen-bond donors (Lipinski definition) is 3. The first-order valence-electron chi connectivity index (χ1n) is 7.60. The van der Waals surface area contributed by atoms with Crippen LogP contribution >= 0.6 is 0 Å². The van der Waals surface area contributed by atoms with Crippen molar-refractivity contribution in [3.05, 3.63) is 42.3 Å². The van der Waals surface area contributed by atoms with Gasteiger partial charge < -0.3 is 15.2 Å². The van der Waals surface area contributed by atoms with E-state index < -0.39 is 0 Å². The number of urea groups is 1. The molecule has 0 saturated heterocycles. The Balaban J connectivity index is 1.73. The monoisotopic (exact) mass is 331 g/mol. The van der Waals surface area contributed by atoms with Crippen LogP contribution in [0.2, 0.25) is 0 Å². The standard InChI is InChI=1S/C17H18FN3O3/c1-24-15-7-11(18)2-3-14(15)10-4-5-19-16(6-10)21-17(23)20-12-8-13(22)9-12/h2-7,12-13,22H,8-9H2,1H3,(H2,19,20,21,23). The highest BCUT2D eigenvalue weighted by Gasteiger charge is 2.28. The summed E-state index contributed by atoms with van der Waals surface area (Å²) in [5.41, 5.74) is 1.45. The zero-order valence-corrected chi connectivity index (χ0v) is 13.1. The lowest BCUT2D eigenvalue weighted by atomic mass is 9.90. The van der Waals surface area contributed by atoms with Gasteiger partial charge in [0, 0.05) is 23.9 Å². The molecule has 3 N–H and O–H groups in total. The van der Waals surface area contributed by atoms with Gasteiger partial charge in [0.15, 0.2) is 0 Å². The molecule has 1 heterocycles. The van der Waals surface area contributed by atoms with Crippen LogP contribution in [0, 0.1) is 5.82 Å². The normalized spacial score (nSPS) is 19.3. The molecule has 6 nitrogen and oxygen atoms in total. The summed E-state index contributed by atoms with van der Waals surface area (Å²) in [5.74, 6) is 0.390. The number of rotatable bonds is 4. The zero-order chi connectivity index (χ0) is 17.1. The number of carbonyl (C=O) groups excluding carboxylic acids is 1. The quantitative estimate of drug-likeness (QED) is 0.804. The fourth-order valence-corrected chi connectivity index (χ4v) is 2.61. The van der Waals surface area contributed by atoms with Gasteiger partial charge >= 0.3 is 6.03 Å². The van der Waals surface area contributed by atoms with Gasteiger partial charge in [0.05, 0.1) is 13.2 Å². The molecule has 0 aliphatic heterocycles. The first kappa shape index (κ1) is 16.2. The summed E-state index contributed by atoms with van der Waals surface area (Å²) in [6.07, 6.45) is 2.35. The number of methoxy groups -OCH3 is 1. The summed E-state index contributed by atoms with van der Waals surface area (Å²) in [6.45, 7) is 0. The van der Waals surface area contributed by atoms with Gasteiger partial charge in [-0.15, -0.1) is 0 Å². The SMILES string of the molecule is COc1cc(F)ccc1-c1ccnc(NC(=O)NC2CC(O)C2)c1. The Labute approximate surface area is 138 Å². The molecule has 0 atom stereocenters. The van der Waals surface area contributed by atoms with E-state index in [4.69, 9.17) is 4.74 Å². The van der Waals surface area contributed by atoms with Gasteiger partial charge in [-0.05, 0) is 42.7 Å². The number of benzene rings is 1. The molecule has 2 aromatic rings. The number of nitrogens with one attached hydrogen (secondary N) is 2. The lowest BCUT2D eigenvalue weighted by Gasteiger charge is -2.31.